The van der Waals surface area contributed by atoms with Crippen LogP contribution in [-0.2, 0) is 20.8 Å². The molecule has 12 heteroatoms. The predicted molar refractivity (Wildman–Crippen MR) is 116 cm³/mol. The summed E-state index contributed by atoms with van der Waals surface area (Å²) in [6, 6.07) is 9.14. The average Bonchev–Trinajstić information content (AvgIpc) is 3.27. The number of benzene rings is 1. The van der Waals surface area contributed by atoms with Crippen molar-refractivity contribution in [2.45, 2.75) is 16.7 Å². The Morgan fingerprint density at radius 2 is 2.20 bits per heavy atom. The molecule has 2 aliphatic rings. The van der Waals surface area contributed by atoms with E-state index in [1.165, 1.54) is 27.6 Å². The van der Waals surface area contributed by atoms with E-state index in [9.17, 15) is 19.5 Å². The Morgan fingerprint density at radius 3 is 2.83 bits per heavy atom. The number of nitrogens with zero attached hydrogens (tertiary/aromatic N) is 3. The average molecular weight is 462 g/mol. The minimum absolute atomic E-state index is 0.0943. The molecule has 0 saturated carbocycles. The van der Waals surface area contributed by atoms with Crippen LogP contribution in [0.3, 0.4) is 0 Å². The summed E-state index contributed by atoms with van der Waals surface area (Å²) in [7, 11) is 0. The fourth-order valence-corrected chi connectivity index (χ4v) is 6.36. The lowest BCUT2D eigenvalue weighted by atomic mass is 10.0. The first-order valence-corrected chi connectivity index (χ1v) is 11.1. The first-order chi connectivity index (χ1) is 14.5. The molecule has 1 fully saturated rings. The van der Waals surface area contributed by atoms with Crippen LogP contribution in [0, 0.1) is 0 Å². The van der Waals surface area contributed by atoms with Gasteiger partial charge in [-0.05, 0) is 5.56 Å². The number of aliphatic carboxylic acids is 1. The third-order valence-electron chi connectivity index (χ3n) is 4.73. The fraction of sp³-hybridized carbons (Fsp3) is 0.222. The Kier molecular flexibility index (Phi) is 5.62. The van der Waals surface area contributed by atoms with Crippen LogP contribution in [0.15, 0.2) is 42.2 Å². The zero-order valence-electron chi connectivity index (χ0n) is 15.3. The van der Waals surface area contributed by atoms with Gasteiger partial charge < -0.3 is 10.4 Å². The fourth-order valence-electron chi connectivity index (χ4n) is 3.43. The number of hydrogen-bond acceptors (Lipinski definition) is 8. The largest absolute Gasteiger partial charge is 0.477 e. The van der Waals surface area contributed by atoms with Gasteiger partial charge in [-0.25, -0.2) is 4.79 Å². The number of fused-ring (bicyclic) bond motifs is 1. The van der Waals surface area contributed by atoms with Gasteiger partial charge in [0.05, 0.1) is 6.42 Å². The van der Waals surface area contributed by atoms with Crippen LogP contribution in [-0.4, -0.2) is 63.9 Å². The van der Waals surface area contributed by atoms with E-state index in [0.29, 0.717) is 11.3 Å². The van der Waals surface area contributed by atoms with Gasteiger partial charge in [-0.1, -0.05) is 59.5 Å². The molecule has 4 rings (SSSR count). The molecule has 2 amide bonds. The Balaban J connectivity index is 1.63. The van der Waals surface area contributed by atoms with Crippen LogP contribution in [0.25, 0.3) is 5.57 Å². The monoisotopic (exact) mass is 461 g/mol. The molecule has 9 nitrogen and oxygen atoms in total. The number of rotatable bonds is 7. The number of β-lactam (4-membered cyclic amide) rings is 1. The number of nitrogens with one attached hydrogen (secondary N) is 2. The van der Waals surface area contributed by atoms with E-state index in [-0.39, 0.29) is 23.8 Å². The van der Waals surface area contributed by atoms with Crippen molar-refractivity contribution in [3.63, 3.8) is 0 Å². The lowest BCUT2D eigenvalue weighted by Crippen LogP contribution is -2.78. The van der Waals surface area contributed by atoms with Crippen molar-refractivity contribution in [3.05, 3.63) is 53.5 Å². The lowest BCUT2D eigenvalue weighted by molar-refractivity contribution is -0.152. The smallest absolute Gasteiger partial charge is 0.353 e. The van der Waals surface area contributed by atoms with Crippen molar-refractivity contribution >= 4 is 63.8 Å². The lowest BCUT2D eigenvalue weighted by Gasteiger charge is -2.56. The molecule has 3 heterocycles. The Morgan fingerprint density at radius 1 is 1.43 bits per heavy atom. The van der Waals surface area contributed by atoms with Crippen molar-refractivity contribution in [1.29, 1.82) is 0 Å². The van der Waals surface area contributed by atoms with Gasteiger partial charge in [-0.3, -0.25) is 19.6 Å². The first-order valence-electron chi connectivity index (χ1n) is 8.73. The topological polar surface area (TPSA) is 128 Å². The highest BCUT2D eigenvalue weighted by Crippen LogP contribution is 2.52. The molecule has 1 unspecified atom stereocenters. The Labute approximate surface area is 184 Å². The number of carboxylic acids is 1. The second-order valence-electron chi connectivity index (χ2n) is 6.49. The first kappa shape index (κ1) is 20.6. The van der Waals surface area contributed by atoms with Crippen molar-refractivity contribution in [2.75, 3.05) is 5.75 Å². The molecule has 0 radical (unpaired) electrons. The number of hydrogen-bond donors (Lipinski definition) is 3. The molecule has 1 aromatic carbocycles. The SMILES string of the molecule is O=C(Cc1ccccc1)NC1(SC=S)C(=O)N2C(C(=O)O)=C(c3c[nH]nn3)CS[C@H]21. The highest BCUT2D eigenvalue weighted by Gasteiger charge is 2.66. The van der Waals surface area contributed by atoms with Gasteiger partial charge in [0.15, 0.2) is 0 Å². The number of carbonyl (C=O) groups excluding carboxylic acids is 2. The number of aromatic nitrogens is 3. The Bertz CT molecular complexity index is 1040. The highest BCUT2D eigenvalue weighted by molar-refractivity contribution is 8.22. The molecular weight excluding hydrogens is 446 g/mol. The number of carboxylic acid groups (broad SMARTS) is 1. The second kappa shape index (κ2) is 8.20. The maximum Gasteiger partial charge on any atom is 0.353 e. The van der Waals surface area contributed by atoms with E-state index in [0.717, 1.165) is 17.3 Å². The van der Waals surface area contributed by atoms with Crippen LogP contribution >= 0.6 is 35.7 Å². The summed E-state index contributed by atoms with van der Waals surface area (Å²) < 4.78 is 1.32. The normalized spacial score (nSPS) is 22.9. The third kappa shape index (κ3) is 3.40. The maximum absolute atomic E-state index is 13.2. The quantitative estimate of drug-likeness (QED) is 0.317. The van der Waals surface area contributed by atoms with Gasteiger partial charge in [0.25, 0.3) is 5.91 Å². The van der Waals surface area contributed by atoms with Gasteiger partial charge in [0, 0.05) is 22.2 Å². The zero-order valence-corrected chi connectivity index (χ0v) is 17.7. The van der Waals surface area contributed by atoms with Crippen molar-refractivity contribution in [1.82, 2.24) is 25.6 Å². The van der Waals surface area contributed by atoms with Crippen LogP contribution in [0.4, 0.5) is 0 Å². The number of aromatic amines is 1. The summed E-state index contributed by atoms with van der Waals surface area (Å²) in [5, 5.41) is 22.0. The van der Waals surface area contributed by atoms with E-state index < -0.39 is 22.1 Å². The molecular formula is C18H15N5O4S3. The summed E-state index contributed by atoms with van der Waals surface area (Å²) in [6.45, 7) is 0. The number of thiocarbonyl (C=S) groups is 1. The van der Waals surface area contributed by atoms with E-state index in [1.807, 2.05) is 30.3 Å². The molecule has 1 aromatic heterocycles. The molecule has 2 aliphatic heterocycles. The van der Waals surface area contributed by atoms with Gasteiger partial charge in [-0.2, -0.15) is 0 Å². The molecule has 1 saturated heterocycles. The van der Waals surface area contributed by atoms with E-state index in [2.05, 4.69) is 20.7 Å². The standard InChI is InChI=1S/C18H15N5O4S3/c24-13(6-10-4-2-1-3-5-10)20-18(30-9-28)16(27)23-14(15(25)26)11(8-29-17(18)23)12-7-19-22-21-12/h1-5,7,9,17H,6,8H2,(H,20,24)(H,25,26)(H,19,21,22)/t17-,18?/m0/s1. The minimum Gasteiger partial charge on any atom is -0.477 e. The molecule has 0 aliphatic carbocycles. The van der Waals surface area contributed by atoms with E-state index in [1.54, 1.807) is 0 Å². The van der Waals surface area contributed by atoms with Crippen LogP contribution < -0.4 is 5.32 Å². The van der Waals surface area contributed by atoms with Crippen LogP contribution in [0.5, 0.6) is 0 Å². The van der Waals surface area contributed by atoms with Crippen molar-refractivity contribution in [3.8, 4) is 0 Å². The molecule has 2 aromatic rings. The van der Waals surface area contributed by atoms with Gasteiger partial charge in [0.1, 0.15) is 16.8 Å². The summed E-state index contributed by atoms with van der Waals surface area (Å²) in [5.74, 6) is -1.84. The van der Waals surface area contributed by atoms with Crippen LogP contribution in [0.1, 0.15) is 11.3 Å². The zero-order chi connectivity index (χ0) is 21.3. The molecule has 2 atom stereocenters. The number of amides is 2. The highest BCUT2D eigenvalue weighted by atomic mass is 32.2. The number of H-pyrrole nitrogens is 1. The molecule has 0 spiro atoms. The van der Waals surface area contributed by atoms with E-state index in [4.69, 9.17) is 12.2 Å². The molecule has 0 bridgehead atoms. The van der Waals surface area contributed by atoms with Crippen molar-refractivity contribution < 1.29 is 19.5 Å². The second-order valence-corrected chi connectivity index (χ2v) is 9.21. The van der Waals surface area contributed by atoms with Crippen LogP contribution in [0.2, 0.25) is 0 Å². The third-order valence-corrected chi connectivity index (χ3v) is 7.47. The molecule has 154 valence electrons. The maximum atomic E-state index is 13.2. The summed E-state index contributed by atoms with van der Waals surface area (Å²) in [4.78, 5) is 37.7. The molecule has 3 N–H and O–H groups in total. The summed E-state index contributed by atoms with van der Waals surface area (Å²) in [5.41, 5.74) is 1.40. The summed E-state index contributed by atoms with van der Waals surface area (Å²) >= 11 is 7.30. The minimum atomic E-state index is -1.35. The van der Waals surface area contributed by atoms with Gasteiger partial charge >= 0.3 is 5.97 Å². The number of carbonyl (C=O) groups is 3. The van der Waals surface area contributed by atoms with Crippen molar-refractivity contribution in [2.24, 2.45) is 0 Å². The van der Waals surface area contributed by atoms with Gasteiger partial charge in [-0.15, -0.1) is 16.9 Å². The molecule has 30 heavy (non-hydrogen) atoms. The predicted octanol–water partition coefficient (Wildman–Crippen LogP) is 1.26. The number of thioether (sulfide) groups is 2. The Hall–Kier alpha value is -2.70. The van der Waals surface area contributed by atoms with Gasteiger partial charge in [0.2, 0.25) is 10.8 Å². The van der Waals surface area contributed by atoms with E-state index >= 15 is 0 Å². The summed E-state index contributed by atoms with van der Waals surface area (Å²) in [6.07, 6.45) is 1.57.